The zero-order valence-electron chi connectivity index (χ0n) is 14.4. The smallest absolute Gasteiger partial charge is 0.342 e. The number of morpholine rings is 1. The van der Waals surface area contributed by atoms with Crippen LogP contribution in [0.1, 0.15) is 15.9 Å². The van der Waals surface area contributed by atoms with E-state index >= 15 is 0 Å². The molecule has 1 aliphatic rings. The first-order valence-corrected chi connectivity index (χ1v) is 8.49. The minimum Gasteiger partial charge on any atom is -0.452 e. The first-order valence-electron chi connectivity index (χ1n) is 8.49. The van der Waals surface area contributed by atoms with E-state index < -0.39 is 5.97 Å². The van der Waals surface area contributed by atoms with E-state index in [1.165, 1.54) is 0 Å². The van der Waals surface area contributed by atoms with Crippen LogP contribution in [0.25, 0.3) is 0 Å². The SMILES string of the molecule is O=C(COC(=O)c1cccnc1N1CCOCC1)NCc1ccccc1. The predicted octanol–water partition coefficient (Wildman–Crippen LogP) is 1.39. The molecular formula is C19H21N3O4. The van der Waals surface area contributed by atoms with Gasteiger partial charge in [-0.2, -0.15) is 0 Å². The molecule has 7 nitrogen and oxygen atoms in total. The Morgan fingerprint density at radius 1 is 1.12 bits per heavy atom. The number of carbonyl (C=O) groups is 2. The highest BCUT2D eigenvalue weighted by Gasteiger charge is 2.21. The molecule has 1 aromatic carbocycles. The topological polar surface area (TPSA) is 80.8 Å². The van der Waals surface area contributed by atoms with Gasteiger partial charge in [0.15, 0.2) is 6.61 Å². The van der Waals surface area contributed by atoms with Gasteiger partial charge in [-0.1, -0.05) is 30.3 Å². The minimum absolute atomic E-state index is 0.330. The highest BCUT2D eigenvalue weighted by atomic mass is 16.5. The molecule has 2 heterocycles. The molecule has 1 amide bonds. The summed E-state index contributed by atoms with van der Waals surface area (Å²) in [6.07, 6.45) is 1.63. The van der Waals surface area contributed by atoms with Gasteiger partial charge >= 0.3 is 5.97 Å². The van der Waals surface area contributed by atoms with E-state index in [1.807, 2.05) is 35.2 Å². The van der Waals surface area contributed by atoms with Crippen molar-refractivity contribution >= 4 is 17.7 Å². The van der Waals surface area contributed by atoms with Crippen LogP contribution in [0.5, 0.6) is 0 Å². The third kappa shape index (κ3) is 4.80. The second-order valence-electron chi connectivity index (χ2n) is 5.81. The van der Waals surface area contributed by atoms with Crippen LogP contribution in [0.4, 0.5) is 5.82 Å². The van der Waals surface area contributed by atoms with Crippen molar-refractivity contribution in [3.05, 3.63) is 59.8 Å². The van der Waals surface area contributed by atoms with Gasteiger partial charge < -0.3 is 19.7 Å². The van der Waals surface area contributed by atoms with Gasteiger partial charge in [-0.3, -0.25) is 4.79 Å². The largest absolute Gasteiger partial charge is 0.452 e. The molecule has 0 atom stereocenters. The number of aromatic nitrogens is 1. The number of hydrogen-bond acceptors (Lipinski definition) is 6. The Balaban J connectivity index is 1.54. The number of benzene rings is 1. The second-order valence-corrected chi connectivity index (χ2v) is 5.81. The highest BCUT2D eigenvalue weighted by Crippen LogP contribution is 2.19. The Hall–Kier alpha value is -2.93. The lowest BCUT2D eigenvalue weighted by Crippen LogP contribution is -2.38. The van der Waals surface area contributed by atoms with E-state index in [0.717, 1.165) is 5.56 Å². The van der Waals surface area contributed by atoms with E-state index in [-0.39, 0.29) is 12.5 Å². The van der Waals surface area contributed by atoms with Crippen LogP contribution in [0.15, 0.2) is 48.7 Å². The number of nitrogens with zero attached hydrogens (tertiary/aromatic N) is 2. The molecule has 1 N–H and O–H groups in total. The van der Waals surface area contributed by atoms with E-state index in [1.54, 1.807) is 18.3 Å². The lowest BCUT2D eigenvalue weighted by Gasteiger charge is -2.28. The van der Waals surface area contributed by atoms with E-state index in [9.17, 15) is 9.59 Å². The normalized spacial score (nSPS) is 13.9. The number of esters is 1. The lowest BCUT2D eigenvalue weighted by molar-refractivity contribution is -0.124. The fraction of sp³-hybridized carbons (Fsp3) is 0.316. The third-order valence-corrected chi connectivity index (χ3v) is 3.98. The third-order valence-electron chi connectivity index (χ3n) is 3.98. The number of rotatable bonds is 6. The van der Waals surface area contributed by atoms with Crippen LogP contribution < -0.4 is 10.2 Å². The van der Waals surface area contributed by atoms with Gasteiger partial charge in [0.05, 0.1) is 13.2 Å². The molecule has 0 saturated carbocycles. The molecule has 1 aliphatic heterocycles. The Bertz CT molecular complexity index is 745. The summed E-state index contributed by atoms with van der Waals surface area (Å²) in [4.78, 5) is 30.6. The lowest BCUT2D eigenvalue weighted by atomic mass is 10.2. The molecular weight excluding hydrogens is 334 g/mol. The summed E-state index contributed by atoms with van der Waals surface area (Å²) in [5.74, 6) is -0.348. The van der Waals surface area contributed by atoms with Crippen molar-refractivity contribution in [3.8, 4) is 0 Å². The van der Waals surface area contributed by atoms with Crippen LogP contribution in [0, 0.1) is 0 Å². The standard InChI is InChI=1S/C19H21N3O4/c23-17(21-13-15-5-2-1-3-6-15)14-26-19(24)16-7-4-8-20-18(16)22-9-11-25-12-10-22/h1-8H,9-14H2,(H,21,23). The fourth-order valence-electron chi connectivity index (χ4n) is 2.64. The van der Waals surface area contributed by atoms with Crippen molar-refractivity contribution in [1.29, 1.82) is 0 Å². The molecule has 7 heteroatoms. The van der Waals surface area contributed by atoms with Crippen LogP contribution in [-0.4, -0.2) is 49.8 Å². The van der Waals surface area contributed by atoms with Gasteiger partial charge in [-0.15, -0.1) is 0 Å². The minimum atomic E-state index is -0.561. The Morgan fingerprint density at radius 3 is 2.65 bits per heavy atom. The Labute approximate surface area is 151 Å². The maximum absolute atomic E-state index is 12.4. The Morgan fingerprint density at radius 2 is 1.88 bits per heavy atom. The average molecular weight is 355 g/mol. The molecule has 0 spiro atoms. The van der Waals surface area contributed by atoms with Crippen LogP contribution in [0.2, 0.25) is 0 Å². The number of nitrogens with one attached hydrogen (secondary N) is 1. The number of pyridine rings is 1. The molecule has 1 saturated heterocycles. The quantitative estimate of drug-likeness (QED) is 0.789. The zero-order valence-corrected chi connectivity index (χ0v) is 14.4. The van der Waals surface area contributed by atoms with Gasteiger partial charge in [-0.05, 0) is 17.7 Å². The van der Waals surface area contributed by atoms with E-state index in [4.69, 9.17) is 9.47 Å². The first-order chi connectivity index (χ1) is 12.7. The summed E-state index contributed by atoms with van der Waals surface area (Å²) in [6.45, 7) is 2.57. The second kappa shape index (κ2) is 8.96. The number of ether oxygens (including phenoxy) is 2. The molecule has 1 aromatic heterocycles. The number of carbonyl (C=O) groups excluding carboxylic acids is 2. The highest BCUT2D eigenvalue weighted by molar-refractivity contribution is 5.96. The molecule has 26 heavy (non-hydrogen) atoms. The summed E-state index contributed by atoms with van der Waals surface area (Å²) in [7, 11) is 0. The van der Waals surface area contributed by atoms with Crippen molar-refractivity contribution in [1.82, 2.24) is 10.3 Å². The maximum Gasteiger partial charge on any atom is 0.342 e. The van der Waals surface area contributed by atoms with Gasteiger partial charge in [0.25, 0.3) is 5.91 Å². The van der Waals surface area contributed by atoms with Gasteiger partial charge in [-0.25, -0.2) is 9.78 Å². The van der Waals surface area contributed by atoms with Crippen LogP contribution >= 0.6 is 0 Å². The van der Waals surface area contributed by atoms with Crippen molar-refractivity contribution in [2.45, 2.75) is 6.54 Å². The summed E-state index contributed by atoms with van der Waals surface area (Å²) < 4.78 is 10.5. The molecule has 3 rings (SSSR count). The fourth-order valence-corrected chi connectivity index (χ4v) is 2.64. The van der Waals surface area contributed by atoms with Crippen molar-refractivity contribution in [2.75, 3.05) is 37.8 Å². The van der Waals surface area contributed by atoms with Gasteiger partial charge in [0.1, 0.15) is 11.4 Å². The molecule has 1 fully saturated rings. The number of anilines is 1. The average Bonchev–Trinajstić information content (AvgIpc) is 2.72. The summed E-state index contributed by atoms with van der Waals surface area (Å²) >= 11 is 0. The molecule has 0 radical (unpaired) electrons. The predicted molar refractivity (Wildman–Crippen MR) is 95.8 cm³/mol. The van der Waals surface area contributed by atoms with Crippen LogP contribution in [-0.2, 0) is 20.8 Å². The monoisotopic (exact) mass is 355 g/mol. The maximum atomic E-state index is 12.4. The number of hydrogen-bond donors (Lipinski definition) is 1. The van der Waals surface area contributed by atoms with Gasteiger partial charge in [0.2, 0.25) is 0 Å². The van der Waals surface area contributed by atoms with E-state index in [0.29, 0.717) is 44.2 Å². The molecule has 136 valence electrons. The van der Waals surface area contributed by atoms with E-state index in [2.05, 4.69) is 10.3 Å². The van der Waals surface area contributed by atoms with Gasteiger partial charge in [0, 0.05) is 25.8 Å². The summed E-state index contributed by atoms with van der Waals surface area (Å²) in [5, 5.41) is 2.73. The van der Waals surface area contributed by atoms with Crippen molar-refractivity contribution in [2.24, 2.45) is 0 Å². The Kier molecular flexibility index (Phi) is 6.16. The molecule has 2 aromatic rings. The van der Waals surface area contributed by atoms with Crippen LogP contribution in [0.3, 0.4) is 0 Å². The van der Waals surface area contributed by atoms with Crippen molar-refractivity contribution < 1.29 is 19.1 Å². The molecule has 0 aliphatic carbocycles. The first kappa shape index (κ1) is 17.9. The summed E-state index contributed by atoms with van der Waals surface area (Å²) in [5.41, 5.74) is 1.33. The zero-order chi connectivity index (χ0) is 18.2. The number of amides is 1. The molecule has 0 bridgehead atoms. The molecule has 0 unspecified atom stereocenters. The summed E-state index contributed by atoms with van der Waals surface area (Å²) in [6, 6.07) is 12.9. The van der Waals surface area contributed by atoms with Crippen molar-refractivity contribution in [3.63, 3.8) is 0 Å².